The number of benzene rings is 1. The average molecular weight is 352 g/mol. The number of rotatable bonds is 6. The Hall–Kier alpha value is -1.40. The molecule has 134 valence electrons. The molecule has 0 aromatic heterocycles. The van der Waals surface area contributed by atoms with Gasteiger partial charge in [0.1, 0.15) is 0 Å². The second-order valence-corrected chi connectivity index (χ2v) is 8.49. The first-order valence-electron chi connectivity index (χ1n) is 8.75. The van der Waals surface area contributed by atoms with Crippen molar-refractivity contribution in [3.63, 3.8) is 0 Å². The summed E-state index contributed by atoms with van der Waals surface area (Å²) in [5, 5.41) is 2.81. The Labute approximate surface area is 145 Å². The summed E-state index contributed by atoms with van der Waals surface area (Å²) in [6.07, 6.45) is 8.15. The molecule has 5 nitrogen and oxygen atoms in total. The summed E-state index contributed by atoms with van der Waals surface area (Å²) < 4.78 is 25.7. The zero-order chi connectivity index (χ0) is 17.6. The van der Waals surface area contributed by atoms with E-state index in [-0.39, 0.29) is 18.5 Å². The van der Waals surface area contributed by atoms with E-state index in [0.717, 1.165) is 44.9 Å². The van der Waals surface area contributed by atoms with Gasteiger partial charge in [0.05, 0.1) is 12.8 Å². The third-order valence-corrected chi connectivity index (χ3v) is 5.88. The number of nitrogens with one attached hydrogen (secondary N) is 1. The first-order valence-corrected chi connectivity index (χ1v) is 10.6. The van der Waals surface area contributed by atoms with Crippen LogP contribution in [0.3, 0.4) is 0 Å². The van der Waals surface area contributed by atoms with E-state index in [0.29, 0.717) is 5.69 Å². The van der Waals surface area contributed by atoms with Gasteiger partial charge in [0, 0.05) is 11.7 Å². The minimum atomic E-state index is -3.41. The summed E-state index contributed by atoms with van der Waals surface area (Å²) in [5.41, 5.74) is 1.90. The highest BCUT2D eigenvalue weighted by Crippen LogP contribution is 2.23. The highest BCUT2D eigenvalue weighted by atomic mass is 32.2. The lowest BCUT2D eigenvalue weighted by molar-refractivity contribution is -0.116. The van der Waals surface area contributed by atoms with Crippen LogP contribution in [0.4, 0.5) is 5.69 Å². The lowest BCUT2D eigenvalue weighted by Gasteiger charge is -2.28. The molecule has 2 rings (SSSR count). The predicted octanol–water partition coefficient (Wildman–Crippen LogP) is 3.17. The van der Waals surface area contributed by atoms with Crippen molar-refractivity contribution >= 4 is 21.6 Å². The van der Waals surface area contributed by atoms with Gasteiger partial charge < -0.3 is 5.32 Å². The molecule has 1 fully saturated rings. The van der Waals surface area contributed by atoms with Crippen LogP contribution in [-0.2, 0) is 21.2 Å². The van der Waals surface area contributed by atoms with Gasteiger partial charge in [-0.25, -0.2) is 8.42 Å². The number of hydrogen-bond acceptors (Lipinski definition) is 3. The molecule has 0 saturated heterocycles. The Balaban J connectivity index is 2.03. The van der Waals surface area contributed by atoms with Crippen molar-refractivity contribution < 1.29 is 13.2 Å². The molecule has 1 saturated carbocycles. The Bertz CT molecular complexity index is 633. The van der Waals surface area contributed by atoms with Gasteiger partial charge in [-0.15, -0.1) is 0 Å². The van der Waals surface area contributed by atoms with Crippen LogP contribution in [0.2, 0.25) is 0 Å². The normalized spacial score (nSPS) is 16.8. The lowest BCUT2D eigenvalue weighted by Crippen LogP contribution is -2.44. The first kappa shape index (κ1) is 18.9. The summed E-state index contributed by atoms with van der Waals surface area (Å²) in [6, 6.07) is 7.58. The second kappa shape index (κ2) is 8.62. The fourth-order valence-corrected chi connectivity index (χ4v) is 4.33. The summed E-state index contributed by atoms with van der Waals surface area (Å²) in [5.74, 6) is -0.283. The molecule has 0 radical (unpaired) electrons. The van der Waals surface area contributed by atoms with Gasteiger partial charge in [-0.3, -0.25) is 4.79 Å². The topological polar surface area (TPSA) is 66.5 Å². The zero-order valence-electron chi connectivity index (χ0n) is 14.6. The van der Waals surface area contributed by atoms with E-state index in [1.165, 1.54) is 16.1 Å². The minimum absolute atomic E-state index is 0.0595. The number of sulfonamides is 1. The van der Waals surface area contributed by atoms with Crippen molar-refractivity contribution in [2.24, 2.45) is 0 Å². The first-order chi connectivity index (χ1) is 11.4. The largest absolute Gasteiger partial charge is 0.325 e. The van der Waals surface area contributed by atoms with E-state index in [2.05, 4.69) is 12.2 Å². The molecule has 1 aliphatic carbocycles. The molecule has 0 aliphatic heterocycles. The van der Waals surface area contributed by atoms with Crippen LogP contribution >= 0.6 is 0 Å². The lowest BCUT2D eigenvalue weighted by atomic mass is 10.1. The maximum atomic E-state index is 12.3. The van der Waals surface area contributed by atoms with Crippen LogP contribution < -0.4 is 5.32 Å². The van der Waals surface area contributed by atoms with E-state index in [1.54, 1.807) is 0 Å². The van der Waals surface area contributed by atoms with Gasteiger partial charge in [-0.2, -0.15) is 4.31 Å². The molecular formula is C18H28N2O3S. The number of carbonyl (C=O) groups excluding carboxylic acids is 1. The summed E-state index contributed by atoms with van der Waals surface area (Å²) in [6.45, 7) is 1.96. The van der Waals surface area contributed by atoms with Gasteiger partial charge in [0.15, 0.2) is 0 Å². The summed E-state index contributed by atoms with van der Waals surface area (Å²) in [4.78, 5) is 12.3. The summed E-state index contributed by atoms with van der Waals surface area (Å²) in [7, 11) is -3.41. The van der Waals surface area contributed by atoms with Crippen LogP contribution in [0.5, 0.6) is 0 Å². The molecule has 24 heavy (non-hydrogen) atoms. The van der Waals surface area contributed by atoms with Crippen LogP contribution in [0.15, 0.2) is 24.3 Å². The molecule has 1 N–H and O–H groups in total. The maximum Gasteiger partial charge on any atom is 0.239 e. The zero-order valence-corrected chi connectivity index (χ0v) is 15.4. The molecule has 1 amide bonds. The Morgan fingerprint density at radius 1 is 1.12 bits per heavy atom. The van der Waals surface area contributed by atoms with E-state index in [4.69, 9.17) is 0 Å². The van der Waals surface area contributed by atoms with E-state index < -0.39 is 10.0 Å². The predicted molar refractivity (Wildman–Crippen MR) is 97.5 cm³/mol. The van der Waals surface area contributed by atoms with E-state index in [9.17, 15) is 13.2 Å². The number of amides is 1. The van der Waals surface area contributed by atoms with Crippen LogP contribution in [0.1, 0.15) is 51.0 Å². The molecule has 0 unspecified atom stereocenters. The number of carbonyl (C=O) groups is 1. The van der Waals surface area contributed by atoms with Gasteiger partial charge in [-0.1, -0.05) is 44.7 Å². The smallest absolute Gasteiger partial charge is 0.239 e. The SMILES string of the molecule is CCc1ccc(NC(=O)CN(C2CCCCCC2)S(C)(=O)=O)cc1. The van der Waals surface area contributed by atoms with E-state index in [1.807, 2.05) is 24.3 Å². The second-order valence-electron chi connectivity index (χ2n) is 6.55. The third-order valence-electron chi connectivity index (χ3n) is 4.60. The van der Waals surface area contributed by atoms with Gasteiger partial charge >= 0.3 is 0 Å². The number of anilines is 1. The highest BCUT2D eigenvalue weighted by Gasteiger charge is 2.29. The van der Waals surface area contributed by atoms with E-state index >= 15 is 0 Å². The van der Waals surface area contributed by atoms with Gasteiger partial charge in [0.2, 0.25) is 15.9 Å². The quantitative estimate of drug-likeness (QED) is 0.800. The minimum Gasteiger partial charge on any atom is -0.325 e. The maximum absolute atomic E-state index is 12.3. The molecule has 0 spiro atoms. The fourth-order valence-electron chi connectivity index (χ4n) is 3.23. The Morgan fingerprint density at radius 3 is 2.21 bits per heavy atom. The molecular weight excluding hydrogens is 324 g/mol. The van der Waals surface area contributed by atoms with Crippen molar-refractivity contribution in [3.05, 3.63) is 29.8 Å². The average Bonchev–Trinajstić information content (AvgIpc) is 2.81. The van der Waals surface area contributed by atoms with Crippen molar-refractivity contribution in [1.29, 1.82) is 0 Å². The molecule has 1 aliphatic rings. The van der Waals surface area contributed by atoms with Crippen molar-refractivity contribution in [2.45, 2.75) is 57.9 Å². The van der Waals surface area contributed by atoms with Crippen LogP contribution in [0.25, 0.3) is 0 Å². The molecule has 1 aromatic carbocycles. The number of hydrogen-bond donors (Lipinski definition) is 1. The highest BCUT2D eigenvalue weighted by molar-refractivity contribution is 7.88. The van der Waals surface area contributed by atoms with Gasteiger partial charge in [-0.05, 0) is 37.0 Å². The van der Waals surface area contributed by atoms with Crippen molar-refractivity contribution in [1.82, 2.24) is 4.31 Å². The molecule has 0 atom stereocenters. The molecule has 1 aromatic rings. The van der Waals surface area contributed by atoms with Crippen LogP contribution in [-0.4, -0.2) is 37.5 Å². The fraction of sp³-hybridized carbons (Fsp3) is 0.611. The Kier molecular flexibility index (Phi) is 6.80. The summed E-state index contributed by atoms with van der Waals surface area (Å²) >= 11 is 0. The van der Waals surface area contributed by atoms with Crippen molar-refractivity contribution in [2.75, 3.05) is 18.1 Å². The van der Waals surface area contributed by atoms with Gasteiger partial charge in [0.25, 0.3) is 0 Å². The van der Waals surface area contributed by atoms with Crippen LogP contribution in [0, 0.1) is 0 Å². The number of aryl methyl sites for hydroxylation is 1. The molecule has 0 heterocycles. The Morgan fingerprint density at radius 2 is 1.71 bits per heavy atom. The standard InChI is InChI=1S/C18H28N2O3S/c1-3-15-10-12-16(13-11-15)19-18(21)14-20(24(2,22)23)17-8-6-4-5-7-9-17/h10-13,17H,3-9,14H2,1-2H3,(H,19,21). The molecule has 6 heteroatoms. The monoisotopic (exact) mass is 352 g/mol. The third kappa shape index (κ3) is 5.60. The number of nitrogens with zero attached hydrogens (tertiary/aromatic N) is 1. The van der Waals surface area contributed by atoms with Crippen molar-refractivity contribution in [3.8, 4) is 0 Å². The molecule has 0 bridgehead atoms.